The molecule has 0 unspecified atom stereocenters. The first-order valence-corrected chi connectivity index (χ1v) is 15.1. The second kappa shape index (κ2) is 16.5. The number of carbonyl (C=O) groups is 1. The number of benzene rings is 3. The van der Waals surface area contributed by atoms with Gasteiger partial charge in [-0.15, -0.1) is 35.2 Å². The molecule has 0 saturated heterocycles. The van der Waals surface area contributed by atoms with Crippen LogP contribution in [0.1, 0.15) is 79.7 Å². The third-order valence-corrected chi connectivity index (χ3v) is 7.65. The van der Waals surface area contributed by atoms with Crippen molar-refractivity contribution in [3.05, 3.63) is 89.7 Å². The monoisotopic (exact) mass is 755 g/mol. The molecule has 0 spiro atoms. The summed E-state index contributed by atoms with van der Waals surface area (Å²) in [5.74, 6) is 0.547. The average Bonchev–Trinajstić information content (AvgIpc) is 2.97. The quantitative estimate of drug-likeness (QED) is 0.105. The number of fused-ring (bicyclic) bond motifs is 2. The van der Waals surface area contributed by atoms with Crippen LogP contribution in [0.3, 0.4) is 0 Å². The summed E-state index contributed by atoms with van der Waals surface area (Å²) in [7, 11) is 0. The maximum absolute atomic E-state index is 11.7. The van der Waals surface area contributed by atoms with E-state index in [-0.39, 0.29) is 48.9 Å². The fourth-order valence-corrected chi connectivity index (χ4v) is 5.25. The number of aromatic nitrogens is 2. The molecule has 0 aliphatic carbocycles. The molecule has 0 saturated carbocycles. The first-order chi connectivity index (χ1) is 20.0. The number of hydrogen-bond acceptors (Lipinski definition) is 4. The Bertz CT molecular complexity index is 1590. The Morgan fingerprint density at radius 2 is 1.60 bits per heavy atom. The van der Waals surface area contributed by atoms with Crippen LogP contribution in [0, 0.1) is 29.9 Å². The zero-order valence-corrected chi connectivity index (χ0v) is 28.9. The van der Waals surface area contributed by atoms with E-state index in [9.17, 15) is 9.90 Å². The van der Waals surface area contributed by atoms with Gasteiger partial charge in [0, 0.05) is 43.7 Å². The van der Waals surface area contributed by atoms with Gasteiger partial charge in [-0.3, -0.25) is 14.6 Å². The molecular weight excluding hydrogens is 711 g/mol. The smallest absolute Gasteiger partial charge is 0.162 e. The Morgan fingerprint density at radius 1 is 0.953 bits per heavy atom. The van der Waals surface area contributed by atoms with Gasteiger partial charge in [-0.05, 0) is 54.5 Å². The van der Waals surface area contributed by atoms with E-state index in [0.29, 0.717) is 5.69 Å². The molecule has 0 aliphatic rings. The van der Waals surface area contributed by atoms with E-state index in [2.05, 4.69) is 59.8 Å². The summed E-state index contributed by atoms with van der Waals surface area (Å²) >= 11 is 0. The van der Waals surface area contributed by atoms with Gasteiger partial charge in [-0.25, -0.2) is 4.98 Å². The molecule has 1 aromatic heterocycles. The number of nitrogens with zero attached hydrogens (tertiary/aromatic N) is 3. The van der Waals surface area contributed by atoms with Gasteiger partial charge in [0.05, 0.1) is 17.8 Å². The van der Waals surface area contributed by atoms with Gasteiger partial charge in [0.25, 0.3) is 0 Å². The largest absolute Gasteiger partial charge is 0.512 e. The van der Waals surface area contributed by atoms with Crippen molar-refractivity contribution in [3.63, 3.8) is 0 Å². The zero-order valence-electron chi connectivity index (χ0n) is 26.5. The fourth-order valence-electron chi connectivity index (χ4n) is 5.25. The second-order valence-corrected chi connectivity index (χ2v) is 12.0. The number of carbonyl (C=O) groups excluding carboxylic acids is 1. The van der Waals surface area contributed by atoms with Crippen LogP contribution < -0.4 is 0 Å². The van der Waals surface area contributed by atoms with Gasteiger partial charge >= 0.3 is 0 Å². The summed E-state index contributed by atoms with van der Waals surface area (Å²) in [6.07, 6.45) is 7.49. The summed E-state index contributed by atoms with van der Waals surface area (Å²) in [6, 6.07) is 19.5. The summed E-state index contributed by atoms with van der Waals surface area (Å²) in [6.45, 7) is 22.3. The molecule has 1 radical (unpaired) electrons. The molecule has 43 heavy (non-hydrogen) atoms. The minimum Gasteiger partial charge on any atom is -0.512 e. The van der Waals surface area contributed by atoms with Crippen LogP contribution in [-0.4, -0.2) is 20.9 Å². The minimum atomic E-state index is 0. The van der Waals surface area contributed by atoms with Crippen LogP contribution in [0.2, 0.25) is 0 Å². The van der Waals surface area contributed by atoms with Crippen LogP contribution in [0.25, 0.3) is 37.8 Å². The van der Waals surface area contributed by atoms with Crippen LogP contribution in [0.4, 0.5) is 5.69 Å². The molecule has 4 aromatic rings. The van der Waals surface area contributed by atoms with Crippen molar-refractivity contribution >= 4 is 33.1 Å². The predicted octanol–water partition coefficient (Wildman–Crippen LogP) is 10.3. The Morgan fingerprint density at radius 3 is 2.21 bits per heavy atom. The van der Waals surface area contributed by atoms with Crippen molar-refractivity contribution in [3.8, 4) is 11.3 Å². The molecule has 229 valence electrons. The fraction of sp³-hybridized carbons (Fsp3) is 0.405. The van der Waals surface area contributed by atoms with Crippen LogP contribution >= 0.6 is 0 Å². The van der Waals surface area contributed by atoms with Crippen molar-refractivity contribution in [1.82, 2.24) is 9.97 Å². The molecule has 0 fully saturated rings. The van der Waals surface area contributed by atoms with Gasteiger partial charge in [0.1, 0.15) is 12.0 Å². The van der Waals surface area contributed by atoms with E-state index in [1.54, 1.807) is 6.33 Å². The second-order valence-electron chi connectivity index (χ2n) is 12.0. The first-order valence-electron chi connectivity index (χ1n) is 15.1. The van der Waals surface area contributed by atoms with Gasteiger partial charge in [0.15, 0.2) is 5.78 Å². The number of aliphatic hydroxyl groups excluding tert-OH is 1. The maximum atomic E-state index is 11.7. The van der Waals surface area contributed by atoms with Crippen molar-refractivity contribution in [1.29, 1.82) is 0 Å². The molecule has 5 nitrogen and oxygen atoms in total. The molecule has 0 atom stereocenters. The molecule has 6 heteroatoms. The molecule has 0 aliphatic heterocycles. The summed E-state index contributed by atoms with van der Waals surface area (Å²) < 4.78 is 0. The van der Waals surface area contributed by atoms with Crippen LogP contribution in [0.5, 0.6) is 0 Å². The van der Waals surface area contributed by atoms with Crippen molar-refractivity contribution < 1.29 is 30.0 Å². The third kappa shape index (κ3) is 9.55. The molecule has 3 aromatic carbocycles. The summed E-state index contributed by atoms with van der Waals surface area (Å²) in [5.41, 5.74) is 4.68. The van der Waals surface area contributed by atoms with Crippen molar-refractivity contribution in [2.24, 2.45) is 17.3 Å². The SMILES string of the molecule is CCC(CC)C(=O)/C=C(\O)C(CC)CC.[C-]#[N+]c1cc(-c2ncnc3cc(CC(C)(C)C)ccc23)[c-]c2ccccc12.[Ir]. The number of aliphatic hydroxyl groups is 1. The van der Waals surface area contributed by atoms with E-state index in [4.69, 9.17) is 6.57 Å². The summed E-state index contributed by atoms with van der Waals surface area (Å²) in [4.78, 5) is 24.4. The number of allylic oxidation sites excluding steroid dienone is 2. The first kappa shape index (κ1) is 35.8. The van der Waals surface area contributed by atoms with E-state index >= 15 is 0 Å². The Labute approximate surface area is 271 Å². The number of rotatable bonds is 9. The van der Waals surface area contributed by atoms with Crippen molar-refractivity contribution in [2.75, 3.05) is 0 Å². The molecule has 1 N–H and O–H groups in total. The maximum Gasteiger partial charge on any atom is 0.162 e. The Kier molecular flexibility index (Phi) is 13.7. The van der Waals surface area contributed by atoms with Crippen molar-refractivity contribution in [2.45, 2.75) is 80.6 Å². The minimum absolute atomic E-state index is 0. The van der Waals surface area contributed by atoms with Gasteiger partial charge in [-0.1, -0.05) is 78.1 Å². The molecule has 0 bridgehead atoms. The third-order valence-electron chi connectivity index (χ3n) is 7.65. The molecule has 0 amide bonds. The predicted molar refractivity (Wildman–Crippen MR) is 175 cm³/mol. The zero-order chi connectivity index (χ0) is 30.9. The van der Waals surface area contributed by atoms with Crippen LogP contribution in [-0.2, 0) is 31.3 Å². The molecular formula is C37H44IrN3O2-. The van der Waals surface area contributed by atoms with Gasteiger partial charge in [0.2, 0.25) is 0 Å². The average molecular weight is 755 g/mol. The number of hydrogen-bond donors (Lipinski definition) is 1. The summed E-state index contributed by atoms with van der Waals surface area (Å²) in [5, 5.41) is 12.6. The van der Waals surface area contributed by atoms with E-state index in [0.717, 1.165) is 65.0 Å². The van der Waals surface area contributed by atoms with Gasteiger partial charge in [-0.2, -0.15) is 0 Å². The number of ketones is 1. The normalized spacial score (nSPS) is 11.7. The van der Waals surface area contributed by atoms with Crippen LogP contribution in [0.15, 0.2) is 66.7 Å². The Hall–Kier alpha value is -3.39. The Balaban J connectivity index is 0.000000348. The topological polar surface area (TPSA) is 67.4 Å². The van der Waals surface area contributed by atoms with E-state index in [1.807, 2.05) is 58.0 Å². The van der Waals surface area contributed by atoms with Gasteiger partial charge < -0.3 is 5.11 Å². The standard InChI is InChI=1S/C24H20N3.C13H24O2.Ir/c1-24(2,3)14-16-9-10-20-22(11-16)26-15-27-23(20)18-12-17-7-5-6-8-19(17)21(13-18)25-4;1-5-10(6-2)12(14)9-13(15)11(7-3)8-4;/h5-11,13,15H,14H2,1-3H3;9-11,14H,5-8H2,1-4H3;/q-1;;/b;12-9-;. The van der Waals surface area contributed by atoms with E-state index in [1.165, 1.54) is 11.6 Å². The van der Waals surface area contributed by atoms with E-state index < -0.39 is 0 Å². The molecule has 1 heterocycles. The molecule has 4 rings (SSSR count).